The molecule has 3 heteroatoms. The van der Waals surface area contributed by atoms with Gasteiger partial charge in [-0.2, -0.15) is 5.26 Å². The average Bonchev–Trinajstić information content (AvgIpc) is 3.37. The van der Waals surface area contributed by atoms with Crippen LogP contribution in [0, 0.1) is 30.4 Å². The molecule has 0 saturated carbocycles. The second-order valence-corrected chi connectivity index (χ2v) is 11.3. The first kappa shape index (κ1) is 18.6. The second-order valence-electron chi connectivity index (χ2n) is 11.3. The van der Waals surface area contributed by atoms with Crippen molar-refractivity contribution < 1.29 is 14.0 Å². The average molecular weight is 528 g/mol. The van der Waals surface area contributed by atoms with Gasteiger partial charge in [0.25, 0.3) is 0 Å². The van der Waals surface area contributed by atoms with Crippen molar-refractivity contribution in [3.8, 4) is 39.6 Å². The van der Waals surface area contributed by atoms with Crippen LogP contribution >= 0.6 is 0 Å². The number of nitrogens with zero attached hydrogens (tertiary/aromatic N) is 2. The van der Waals surface area contributed by atoms with Crippen LogP contribution in [0.3, 0.4) is 0 Å². The molecule has 0 aliphatic carbocycles. The molecule has 2 aromatic heterocycles. The van der Waals surface area contributed by atoms with E-state index in [0.29, 0.717) is 45.5 Å². The molecule has 0 radical (unpaired) electrons. The summed E-state index contributed by atoms with van der Waals surface area (Å²) < 4.78 is 65.6. The van der Waals surface area contributed by atoms with E-state index in [1.807, 2.05) is 69.3 Å². The van der Waals surface area contributed by atoms with Gasteiger partial charge in [0.05, 0.1) is 18.7 Å². The van der Waals surface area contributed by atoms with Gasteiger partial charge in [0.15, 0.2) is 0 Å². The van der Waals surface area contributed by atoms with E-state index in [0.717, 1.165) is 16.3 Å². The Morgan fingerprint density at radius 1 is 0.850 bits per heavy atom. The normalized spacial score (nSPS) is 14.9. The van der Waals surface area contributed by atoms with Crippen molar-refractivity contribution in [2.24, 2.45) is 5.41 Å². The fourth-order valence-electron chi connectivity index (χ4n) is 5.34. The smallest absolute Gasteiger partial charge is 0.144 e. The molecule has 0 amide bonds. The van der Waals surface area contributed by atoms with Crippen LogP contribution in [-0.2, 0) is 6.42 Å². The van der Waals surface area contributed by atoms with Gasteiger partial charge in [0, 0.05) is 36.3 Å². The molecule has 0 aliphatic rings. The van der Waals surface area contributed by atoms with Gasteiger partial charge in [-0.1, -0.05) is 81.4 Å². The highest BCUT2D eigenvalue weighted by Gasteiger charge is 2.20. The molecule has 0 N–H and O–H groups in total. The van der Waals surface area contributed by atoms with E-state index in [1.54, 1.807) is 30.3 Å². The minimum Gasteiger partial charge on any atom is -0.455 e. The standard InChI is InChI=1S/C37H32N2O/c1-23-18-25(20-37(3,4)5)14-16-28(23)32-19-33(39-22-24(32)2)31-13-9-12-29-30-17-15-27(21-38)34(36(30)40-35(29)31)26-10-7-6-8-11-26/h6-19,22H,20H2,1-5H3/i1D3,2D3,16D. The van der Waals surface area contributed by atoms with Gasteiger partial charge >= 0.3 is 0 Å². The van der Waals surface area contributed by atoms with Crippen LogP contribution in [-0.4, -0.2) is 4.98 Å². The first-order valence-corrected chi connectivity index (χ1v) is 13.2. The van der Waals surface area contributed by atoms with E-state index in [4.69, 9.17) is 14.0 Å². The van der Waals surface area contributed by atoms with Crippen LogP contribution in [0.25, 0.3) is 55.4 Å². The number of pyridine rings is 1. The van der Waals surface area contributed by atoms with E-state index in [2.05, 4.69) is 11.1 Å². The lowest BCUT2D eigenvalue weighted by atomic mass is 9.86. The fourth-order valence-corrected chi connectivity index (χ4v) is 5.34. The van der Waals surface area contributed by atoms with Gasteiger partial charge in [-0.3, -0.25) is 4.98 Å². The Bertz CT molecular complexity index is 2200. The van der Waals surface area contributed by atoms with Crippen LogP contribution in [0.15, 0.2) is 95.5 Å². The predicted molar refractivity (Wildman–Crippen MR) is 165 cm³/mol. The Balaban J connectivity index is 1.63. The van der Waals surface area contributed by atoms with Gasteiger partial charge in [0.1, 0.15) is 11.2 Å². The van der Waals surface area contributed by atoms with Crippen molar-refractivity contribution in [1.29, 1.82) is 5.26 Å². The Labute approximate surface area is 245 Å². The number of nitriles is 1. The lowest BCUT2D eigenvalue weighted by Crippen LogP contribution is -2.09. The first-order chi connectivity index (χ1) is 22.1. The number of aromatic nitrogens is 1. The maximum absolute atomic E-state index is 9.95. The quantitative estimate of drug-likeness (QED) is 0.229. The zero-order valence-corrected chi connectivity index (χ0v) is 22.6. The van der Waals surface area contributed by atoms with Crippen LogP contribution in [0.5, 0.6) is 0 Å². The molecular weight excluding hydrogens is 488 g/mol. The zero-order valence-electron chi connectivity index (χ0n) is 29.6. The molecule has 0 fully saturated rings. The molecule has 0 unspecified atom stereocenters. The summed E-state index contributed by atoms with van der Waals surface area (Å²) in [6, 6.07) is 25.6. The lowest BCUT2D eigenvalue weighted by molar-refractivity contribution is 0.411. The van der Waals surface area contributed by atoms with E-state index in [-0.39, 0.29) is 33.7 Å². The molecule has 0 spiro atoms. The number of furan rings is 1. The molecular formula is C37H32N2O. The number of para-hydroxylation sites is 1. The maximum Gasteiger partial charge on any atom is 0.144 e. The van der Waals surface area contributed by atoms with E-state index < -0.39 is 13.7 Å². The monoisotopic (exact) mass is 527 g/mol. The van der Waals surface area contributed by atoms with Crippen molar-refractivity contribution in [3.05, 3.63) is 113 Å². The van der Waals surface area contributed by atoms with Gasteiger partial charge in [-0.05, 0) is 83.2 Å². The summed E-state index contributed by atoms with van der Waals surface area (Å²) in [4.78, 5) is 4.55. The molecule has 6 rings (SSSR count). The van der Waals surface area contributed by atoms with Crippen LogP contribution in [0.2, 0.25) is 0 Å². The summed E-state index contributed by atoms with van der Waals surface area (Å²) >= 11 is 0. The Kier molecular flexibility index (Phi) is 4.56. The number of rotatable bonds is 4. The Hall–Kier alpha value is -4.68. The number of hydrogen-bond acceptors (Lipinski definition) is 3. The minimum absolute atomic E-state index is 0.0410. The molecule has 6 aromatic rings. The van der Waals surface area contributed by atoms with E-state index in [1.165, 1.54) is 6.20 Å². The van der Waals surface area contributed by atoms with Crippen molar-refractivity contribution >= 4 is 21.9 Å². The molecule has 40 heavy (non-hydrogen) atoms. The summed E-state index contributed by atoms with van der Waals surface area (Å²) in [5, 5.41) is 11.5. The second kappa shape index (κ2) is 9.81. The highest BCUT2D eigenvalue weighted by molar-refractivity contribution is 6.13. The van der Waals surface area contributed by atoms with E-state index in [9.17, 15) is 5.26 Å². The van der Waals surface area contributed by atoms with Crippen molar-refractivity contribution in [2.45, 2.75) is 40.9 Å². The van der Waals surface area contributed by atoms with Gasteiger partial charge in [-0.15, -0.1) is 0 Å². The van der Waals surface area contributed by atoms with Gasteiger partial charge in [-0.25, -0.2) is 0 Å². The molecule has 2 heterocycles. The predicted octanol–water partition coefficient (Wildman–Crippen LogP) is 10.1. The highest BCUT2D eigenvalue weighted by atomic mass is 16.3. The van der Waals surface area contributed by atoms with Crippen LogP contribution in [0.1, 0.15) is 52.6 Å². The third-order valence-electron chi connectivity index (χ3n) is 7.03. The summed E-state index contributed by atoms with van der Waals surface area (Å²) in [5.74, 6) is 0. The topological polar surface area (TPSA) is 49.8 Å². The third-order valence-corrected chi connectivity index (χ3v) is 7.03. The molecule has 4 aromatic carbocycles. The summed E-state index contributed by atoms with van der Waals surface area (Å²) in [5.41, 5.74) is 4.34. The minimum atomic E-state index is -2.63. The van der Waals surface area contributed by atoms with Gasteiger partial charge < -0.3 is 4.42 Å². The van der Waals surface area contributed by atoms with Crippen molar-refractivity contribution in [1.82, 2.24) is 4.98 Å². The molecule has 0 saturated heterocycles. The molecule has 0 atom stereocenters. The number of fused-ring (bicyclic) bond motifs is 3. The third kappa shape index (κ3) is 4.56. The fraction of sp³-hybridized carbons (Fsp3) is 0.189. The maximum atomic E-state index is 9.95. The summed E-state index contributed by atoms with van der Waals surface area (Å²) in [7, 11) is 0. The summed E-state index contributed by atoms with van der Waals surface area (Å²) in [6.45, 7) is 0.852. The van der Waals surface area contributed by atoms with Crippen molar-refractivity contribution in [3.63, 3.8) is 0 Å². The molecule has 3 nitrogen and oxygen atoms in total. The Morgan fingerprint density at radius 2 is 1.65 bits per heavy atom. The molecule has 0 bridgehead atoms. The van der Waals surface area contributed by atoms with Crippen molar-refractivity contribution in [2.75, 3.05) is 0 Å². The van der Waals surface area contributed by atoms with Crippen LogP contribution < -0.4 is 0 Å². The molecule has 196 valence electrons. The van der Waals surface area contributed by atoms with Gasteiger partial charge in [0.2, 0.25) is 0 Å². The highest BCUT2D eigenvalue weighted by Crippen LogP contribution is 2.41. The van der Waals surface area contributed by atoms with E-state index >= 15 is 0 Å². The largest absolute Gasteiger partial charge is 0.455 e. The summed E-state index contributed by atoms with van der Waals surface area (Å²) in [6.07, 6.45) is 1.79. The SMILES string of the molecule is [2H]c1cc(CC(C)(C)C)cc(C([2H])([2H])[2H])c1-c1cc(-c2cccc3c2oc2c(-c4ccccc4)c(C#N)ccc23)ncc1C([2H])([2H])[2H]. The van der Waals surface area contributed by atoms with Crippen LogP contribution in [0.4, 0.5) is 0 Å². The first-order valence-electron chi connectivity index (χ1n) is 16.7. The lowest BCUT2D eigenvalue weighted by Gasteiger charge is -2.19. The Morgan fingerprint density at radius 3 is 2.40 bits per heavy atom. The number of aryl methyl sites for hydroxylation is 2. The number of hydrogen-bond donors (Lipinski definition) is 0. The number of benzene rings is 4. The zero-order chi connectivity index (χ0) is 33.9. The molecule has 0 aliphatic heterocycles.